The molecule has 20 heteroatoms. The lowest BCUT2D eigenvalue weighted by Crippen LogP contribution is -2.49. The fourth-order valence-corrected chi connectivity index (χ4v) is 3.92. The number of esters is 1. The van der Waals surface area contributed by atoms with E-state index in [0.717, 1.165) is 6.54 Å². The van der Waals surface area contributed by atoms with E-state index in [1.165, 1.54) is 10.6 Å². The molecule has 0 aromatic carbocycles. The van der Waals surface area contributed by atoms with Crippen molar-refractivity contribution in [2.45, 2.75) is 75.8 Å². The molecule has 0 radical (unpaired) electrons. The number of hydrogen-bond donors (Lipinski definition) is 5. The number of carbonyl (C=O) groups excluding carboxylic acids is 6. The third kappa shape index (κ3) is 22.0. The van der Waals surface area contributed by atoms with Crippen molar-refractivity contribution in [1.29, 1.82) is 0 Å². The van der Waals surface area contributed by atoms with Crippen LogP contribution in [-0.4, -0.2) is 137 Å². The largest absolute Gasteiger partial charge is 0.471 e. The Morgan fingerprint density at radius 2 is 1.10 bits per heavy atom. The van der Waals surface area contributed by atoms with Gasteiger partial charge < -0.3 is 41.1 Å². The van der Waals surface area contributed by atoms with E-state index >= 15 is 0 Å². The molecule has 0 spiro atoms. The molecule has 0 fully saturated rings. The van der Waals surface area contributed by atoms with Crippen molar-refractivity contribution in [2.24, 2.45) is 0 Å². The van der Waals surface area contributed by atoms with Crippen molar-refractivity contribution < 1.29 is 59.8 Å². The molecule has 14 nitrogen and oxygen atoms in total. The average molecular weight is 708 g/mol. The SMILES string of the molecule is CN(C)CCCC(=O)NCCCC(NC(=O)CCCN(C)C)C(=O)NCCOC(=O)C(CCCNC(=O)C(F)(F)F)NC(=O)C(F)(F)F. The molecule has 0 aliphatic rings. The van der Waals surface area contributed by atoms with Crippen LogP contribution in [-0.2, 0) is 33.5 Å². The molecule has 0 saturated carbocycles. The molecule has 48 heavy (non-hydrogen) atoms. The number of rotatable bonds is 23. The first kappa shape index (κ1) is 44.3. The van der Waals surface area contributed by atoms with Crippen LogP contribution in [0.15, 0.2) is 0 Å². The molecule has 2 atom stereocenters. The van der Waals surface area contributed by atoms with Gasteiger partial charge in [0, 0.05) is 25.9 Å². The zero-order valence-corrected chi connectivity index (χ0v) is 27.6. The fourth-order valence-electron chi connectivity index (χ4n) is 3.92. The molecule has 0 aliphatic carbocycles. The number of hydrogen-bond acceptors (Lipinski definition) is 9. The predicted molar refractivity (Wildman–Crippen MR) is 160 cm³/mol. The van der Waals surface area contributed by atoms with Crippen LogP contribution in [0, 0.1) is 0 Å². The minimum Gasteiger partial charge on any atom is -0.462 e. The maximum Gasteiger partial charge on any atom is 0.471 e. The van der Waals surface area contributed by atoms with Crippen LogP contribution in [0.4, 0.5) is 26.3 Å². The molecular formula is C28H47F6N7O7. The lowest BCUT2D eigenvalue weighted by Gasteiger charge is -2.20. The summed E-state index contributed by atoms with van der Waals surface area (Å²) >= 11 is 0. The number of halogens is 6. The number of carbonyl (C=O) groups is 6. The molecule has 5 amide bonds. The van der Waals surface area contributed by atoms with Crippen LogP contribution in [0.5, 0.6) is 0 Å². The molecule has 0 aromatic heterocycles. The number of nitrogens with one attached hydrogen (secondary N) is 5. The van der Waals surface area contributed by atoms with E-state index in [0.29, 0.717) is 32.2 Å². The average Bonchev–Trinajstić information content (AvgIpc) is 2.96. The molecule has 0 rings (SSSR count). The van der Waals surface area contributed by atoms with E-state index in [-0.39, 0.29) is 31.8 Å². The Hall–Kier alpha value is -3.68. The van der Waals surface area contributed by atoms with Gasteiger partial charge in [0.25, 0.3) is 0 Å². The van der Waals surface area contributed by atoms with Crippen molar-refractivity contribution in [1.82, 2.24) is 36.4 Å². The van der Waals surface area contributed by atoms with Crippen LogP contribution in [0.3, 0.4) is 0 Å². The Kier molecular flexibility index (Phi) is 21.1. The van der Waals surface area contributed by atoms with Crippen molar-refractivity contribution in [2.75, 3.05) is 67.5 Å². The van der Waals surface area contributed by atoms with E-state index in [9.17, 15) is 55.1 Å². The minimum atomic E-state index is -5.38. The summed E-state index contributed by atoms with van der Waals surface area (Å²) in [4.78, 5) is 75.8. The monoisotopic (exact) mass is 707 g/mol. The highest BCUT2D eigenvalue weighted by Gasteiger charge is 2.41. The Morgan fingerprint density at radius 1 is 0.604 bits per heavy atom. The van der Waals surface area contributed by atoms with Crippen LogP contribution in [0.1, 0.15) is 51.4 Å². The van der Waals surface area contributed by atoms with Gasteiger partial charge in [0.2, 0.25) is 17.7 Å². The summed E-state index contributed by atoms with van der Waals surface area (Å²) in [6.07, 6.45) is -9.51. The first-order chi connectivity index (χ1) is 22.2. The van der Waals surface area contributed by atoms with Crippen molar-refractivity contribution in [3.63, 3.8) is 0 Å². The van der Waals surface area contributed by atoms with Gasteiger partial charge in [-0.3, -0.25) is 24.0 Å². The highest BCUT2D eigenvalue weighted by molar-refractivity contribution is 5.88. The summed E-state index contributed by atoms with van der Waals surface area (Å²) in [5, 5.41) is 10.7. The Balaban J connectivity index is 5.09. The molecule has 278 valence electrons. The zero-order chi connectivity index (χ0) is 36.9. The van der Waals surface area contributed by atoms with Crippen LogP contribution >= 0.6 is 0 Å². The lowest BCUT2D eigenvalue weighted by molar-refractivity contribution is -0.176. The van der Waals surface area contributed by atoms with Gasteiger partial charge in [-0.1, -0.05) is 0 Å². The molecular weight excluding hydrogens is 660 g/mol. The number of alkyl halides is 6. The molecule has 0 bridgehead atoms. The van der Waals surface area contributed by atoms with Gasteiger partial charge in [0.05, 0.1) is 6.54 Å². The summed E-state index contributed by atoms with van der Waals surface area (Å²) in [7, 11) is 7.44. The van der Waals surface area contributed by atoms with Gasteiger partial charge in [0.15, 0.2) is 0 Å². The predicted octanol–water partition coefficient (Wildman–Crippen LogP) is 0.216. The van der Waals surface area contributed by atoms with Gasteiger partial charge >= 0.3 is 30.1 Å². The third-order valence-corrected chi connectivity index (χ3v) is 6.37. The summed E-state index contributed by atoms with van der Waals surface area (Å²) in [6, 6.07) is -2.95. The van der Waals surface area contributed by atoms with Gasteiger partial charge in [-0.2, -0.15) is 26.3 Å². The summed E-state index contributed by atoms with van der Waals surface area (Å²) in [6.45, 7) is 0.0227. The van der Waals surface area contributed by atoms with Crippen molar-refractivity contribution in [3.8, 4) is 0 Å². The highest BCUT2D eigenvalue weighted by atomic mass is 19.4. The highest BCUT2D eigenvalue weighted by Crippen LogP contribution is 2.16. The van der Waals surface area contributed by atoms with E-state index < -0.39 is 80.0 Å². The smallest absolute Gasteiger partial charge is 0.462 e. The normalized spacial score (nSPS) is 13.0. The summed E-state index contributed by atoms with van der Waals surface area (Å²) < 4.78 is 80.0. The molecule has 0 heterocycles. The van der Waals surface area contributed by atoms with Crippen molar-refractivity contribution in [3.05, 3.63) is 0 Å². The van der Waals surface area contributed by atoms with E-state index in [4.69, 9.17) is 4.74 Å². The number of ether oxygens (including phenoxy) is 1. The maximum atomic E-state index is 12.9. The van der Waals surface area contributed by atoms with Gasteiger partial charge in [-0.25, -0.2) is 4.79 Å². The molecule has 5 N–H and O–H groups in total. The van der Waals surface area contributed by atoms with Crippen LogP contribution < -0.4 is 26.6 Å². The van der Waals surface area contributed by atoms with Gasteiger partial charge in [0.1, 0.15) is 18.7 Å². The van der Waals surface area contributed by atoms with Crippen LogP contribution in [0.2, 0.25) is 0 Å². The van der Waals surface area contributed by atoms with E-state index in [1.54, 1.807) is 0 Å². The van der Waals surface area contributed by atoms with Gasteiger partial charge in [-0.05, 0) is 79.8 Å². The first-order valence-electron chi connectivity index (χ1n) is 15.3. The lowest BCUT2D eigenvalue weighted by atomic mass is 10.1. The minimum absolute atomic E-state index is 0.132. The molecule has 2 unspecified atom stereocenters. The topological polar surface area (TPSA) is 178 Å². The second-order valence-corrected chi connectivity index (χ2v) is 11.3. The second kappa shape index (κ2) is 22.8. The van der Waals surface area contributed by atoms with Crippen molar-refractivity contribution >= 4 is 35.5 Å². The second-order valence-electron chi connectivity index (χ2n) is 11.3. The quantitative estimate of drug-likeness (QED) is 0.0565. The van der Waals surface area contributed by atoms with E-state index in [2.05, 4.69) is 16.0 Å². The first-order valence-corrected chi connectivity index (χ1v) is 15.3. The summed E-state index contributed by atoms with van der Waals surface area (Å²) in [5.41, 5.74) is 0. The molecule has 0 aromatic rings. The summed E-state index contributed by atoms with van der Waals surface area (Å²) in [5.74, 6) is -7.37. The number of nitrogens with zero attached hydrogens (tertiary/aromatic N) is 2. The van der Waals surface area contributed by atoms with E-state index in [1.807, 2.05) is 38.0 Å². The van der Waals surface area contributed by atoms with Crippen LogP contribution in [0.25, 0.3) is 0 Å². The Bertz CT molecular complexity index is 1040. The van der Waals surface area contributed by atoms with Gasteiger partial charge in [-0.15, -0.1) is 0 Å². The number of amides is 5. The Morgan fingerprint density at radius 3 is 1.62 bits per heavy atom. The fraction of sp³-hybridized carbons (Fsp3) is 0.786. The molecule has 0 aliphatic heterocycles. The maximum absolute atomic E-state index is 12.9. The standard InChI is InChI=1S/C28H47F6N7O7/c1-40(2)16-7-11-21(42)35-13-5-9-19(38-22(43)12-8-17-41(3)4)23(44)36-15-18-48-24(45)20(39-26(47)28(32,33)34)10-6-14-37-25(46)27(29,30)31/h19-20H,5-18H2,1-4H3,(H,35,42)(H,36,44)(H,37,46)(H,38,43)(H,39,47). The zero-order valence-electron chi connectivity index (χ0n) is 27.6. The molecule has 0 saturated heterocycles. The third-order valence-electron chi connectivity index (χ3n) is 6.37. The Labute approximate surface area is 275 Å².